The van der Waals surface area contributed by atoms with Crippen LogP contribution in [0.4, 0.5) is 0 Å². The van der Waals surface area contributed by atoms with Crippen molar-refractivity contribution in [1.82, 2.24) is 9.88 Å². The fourth-order valence-corrected chi connectivity index (χ4v) is 4.86. The zero-order chi connectivity index (χ0) is 17.7. The van der Waals surface area contributed by atoms with E-state index in [9.17, 15) is 4.79 Å². The Kier molecular flexibility index (Phi) is 3.72. The number of amides is 1. The molecule has 3 heterocycles. The van der Waals surface area contributed by atoms with Crippen LogP contribution in [0.5, 0.6) is 0 Å². The van der Waals surface area contributed by atoms with E-state index in [-0.39, 0.29) is 11.9 Å². The number of furan rings is 1. The first kappa shape index (κ1) is 15.9. The van der Waals surface area contributed by atoms with Crippen molar-refractivity contribution in [2.75, 3.05) is 6.54 Å². The summed E-state index contributed by atoms with van der Waals surface area (Å²) in [5, 5.41) is 2.47. The number of halogens is 1. The van der Waals surface area contributed by atoms with Gasteiger partial charge in [0.25, 0.3) is 5.91 Å². The summed E-state index contributed by atoms with van der Waals surface area (Å²) in [6.07, 6.45) is 1.90. The number of thiazole rings is 1. The lowest BCUT2D eigenvalue weighted by Gasteiger charge is -2.21. The molecule has 1 aliphatic rings. The number of carbonyl (C=O) groups is 1. The van der Waals surface area contributed by atoms with Crippen LogP contribution in [0.15, 0.2) is 52.9 Å². The van der Waals surface area contributed by atoms with Crippen LogP contribution >= 0.6 is 22.9 Å². The van der Waals surface area contributed by atoms with E-state index in [1.54, 1.807) is 29.5 Å². The van der Waals surface area contributed by atoms with Crippen LogP contribution in [-0.2, 0) is 0 Å². The van der Waals surface area contributed by atoms with E-state index in [4.69, 9.17) is 21.0 Å². The van der Waals surface area contributed by atoms with E-state index < -0.39 is 0 Å². The fraction of sp³-hybridized carbons (Fsp3) is 0.200. The summed E-state index contributed by atoms with van der Waals surface area (Å²) in [6.45, 7) is 0.719. The highest BCUT2D eigenvalue weighted by Gasteiger charge is 2.34. The Bertz CT molecular complexity index is 1100. The second-order valence-electron chi connectivity index (χ2n) is 6.47. The van der Waals surface area contributed by atoms with Crippen LogP contribution < -0.4 is 0 Å². The molecule has 2 aromatic carbocycles. The minimum Gasteiger partial charge on any atom is -0.451 e. The highest BCUT2D eigenvalue weighted by Crippen LogP contribution is 2.37. The van der Waals surface area contributed by atoms with E-state index in [0.717, 1.165) is 40.0 Å². The number of para-hydroxylation sites is 1. The first-order valence-electron chi connectivity index (χ1n) is 8.54. The number of carbonyl (C=O) groups excluding carboxylic acids is 1. The highest BCUT2D eigenvalue weighted by atomic mass is 35.5. The minimum atomic E-state index is -0.0842. The lowest BCUT2D eigenvalue weighted by Crippen LogP contribution is -2.30. The maximum absolute atomic E-state index is 13.1. The molecule has 0 spiro atoms. The van der Waals surface area contributed by atoms with E-state index in [2.05, 4.69) is 6.07 Å². The molecule has 0 bridgehead atoms. The molecular formula is C20H15ClN2O2S. The first-order chi connectivity index (χ1) is 12.7. The topological polar surface area (TPSA) is 46.3 Å². The molecule has 4 aromatic rings. The lowest BCUT2D eigenvalue weighted by molar-refractivity contribution is 0.0705. The Labute approximate surface area is 159 Å². The summed E-state index contributed by atoms with van der Waals surface area (Å²) in [7, 11) is 0. The van der Waals surface area contributed by atoms with Gasteiger partial charge < -0.3 is 9.32 Å². The minimum absolute atomic E-state index is 0.0108. The summed E-state index contributed by atoms with van der Waals surface area (Å²) in [4.78, 5) is 19.7. The zero-order valence-corrected chi connectivity index (χ0v) is 15.4. The Morgan fingerprint density at radius 3 is 3.00 bits per heavy atom. The van der Waals surface area contributed by atoms with Gasteiger partial charge in [-0.3, -0.25) is 4.79 Å². The van der Waals surface area contributed by atoms with Crippen LogP contribution in [0, 0.1) is 0 Å². The molecule has 0 aliphatic carbocycles. The van der Waals surface area contributed by atoms with E-state index in [0.29, 0.717) is 16.4 Å². The number of hydrogen-bond donors (Lipinski definition) is 0. The molecule has 1 fully saturated rings. The zero-order valence-electron chi connectivity index (χ0n) is 13.8. The van der Waals surface area contributed by atoms with Gasteiger partial charge in [0.05, 0.1) is 16.3 Å². The highest BCUT2D eigenvalue weighted by molar-refractivity contribution is 7.18. The Morgan fingerprint density at radius 1 is 1.23 bits per heavy atom. The third-order valence-electron chi connectivity index (χ3n) is 4.80. The van der Waals surface area contributed by atoms with Crippen LogP contribution in [0.3, 0.4) is 0 Å². The van der Waals surface area contributed by atoms with Crippen molar-refractivity contribution < 1.29 is 9.21 Å². The second kappa shape index (κ2) is 6.11. The van der Waals surface area contributed by atoms with Gasteiger partial charge in [0, 0.05) is 17.0 Å². The summed E-state index contributed by atoms with van der Waals surface area (Å²) in [5.41, 5.74) is 1.67. The Hall–Kier alpha value is -2.37. The lowest BCUT2D eigenvalue weighted by atomic mass is 10.2. The van der Waals surface area contributed by atoms with Crippen molar-refractivity contribution in [2.45, 2.75) is 18.9 Å². The van der Waals surface area contributed by atoms with Gasteiger partial charge in [0.15, 0.2) is 5.76 Å². The third-order valence-corrected chi connectivity index (χ3v) is 6.17. The summed E-state index contributed by atoms with van der Waals surface area (Å²) in [5.74, 6) is 0.273. The predicted molar refractivity (Wildman–Crippen MR) is 104 cm³/mol. The van der Waals surface area contributed by atoms with Gasteiger partial charge in [-0.05, 0) is 49.2 Å². The fourth-order valence-electron chi connectivity index (χ4n) is 3.56. The number of likely N-dealkylation sites (tertiary alicyclic amines) is 1. The molecule has 0 N–H and O–H groups in total. The Balaban J connectivity index is 1.49. The maximum atomic E-state index is 13.1. The van der Waals surface area contributed by atoms with Crippen LogP contribution in [0.2, 0.25) is 5.02 Å². The second-order valence-corrected chi connectivity index (χ2v) is 7.97. The molecule has 0 unspecified atom stereocenters. The van der Waals surface area contributed by atoms with E-state index in [1.807, 2.05) is 29.2 Å². The molecule has 1 amide bonds. The smallest absolute Gasteiger partial charge is 0.290 e. The molecule has 26 heavy (non-hydrogen) atoms. The van der Waals surface area contributed by atoms with Gasteiger partial charge in [-0.2, -0.15) is 0 Å². The normalized spacial score (nSPS) is 17.4. The van der Waals surface area contributed by atoms with Crippen LogP contribution in [-0.4, -0.2) is 22.3 Å². The molecular weight excluding hydrogens is 368 g/mol. The average molecular weight is 383 g/mol. The molecule has 1 saturated heterocycles. The number of nitrogens with zero attached hydrogens (tertiary/aromatic N) is 2. The van der Waals surface area contributed by atoms with Gasteiger partial charge in [-0.25, -0.2) is 4.98 Å². The number of hydrogen-bond acceptors (Lipinski definition) is 4. The summed E-state index contributed by atoms with van der Waals surface area (Å²) >= 11 is 7.70. The van der Waals surface area contributed by atoms with Crippen LogP contribution in [0.25, 0.3) is 21.2 Å². The molecule has 0 saturated carbocycles. The summed E-state index contributed by atoms with van der Waals surface area (Å²) in [6, 6.07) is 15.2. The standard InChI is InChI=1S/C20H15ClN2O2S/c21-13-7-8-16-12(10-13)11-17(25-16)20(24)23-9-3-5-15(23)19-22-14-4-1-2-6-18(14)26-19/h1-2,4,6-8,10-11,15H,3,5,9H2/t15-/m1/s1. The quantitative estimate of drug-likeness (QED) is 0.448. The molecule has 1 atom stereocenters. The van der Waals surface area contributed by atoms with Crippen molar-refractivity contribution in [3.63, 3.8) is 0 Å². The molecule has 0 radical (unpaired) electrons. The molecule has 4 nitrogen and oxygen atoms in total. The van der Waals surface area contributed by atoms with Gasteiger partial charge in [-0.1, -0.05) is 23.7 Å². The average Bonchev–Trinajstić information content (AvgIpc) is 3.36. The molecule has 1 aliphatic heterocycles. The number of benzene rings is 2. The van der Waals surface area contributed by atoms with Crippen molar-refractivity contribution in [3.8, 4) is 0 Å². The molecule has 6 heteroatoms. The largest absolute Gasteiger partial charge is 0.451 e. The molecule has 130 valence electrons. The maximum Gasteiger partial charge on any atom is 0.290 e. The van der Waals surface area contributed by atoms with Crippen molar-refractivity contribution in [1.29, 1.82) is 0 Å². The number of fused-ring (bicyclic) bond motifs is 2. The third kappa shape index (κ3) is 2.59. The van der Waals surface area contributed by atoms with E-state index in [1.165, 1.54) is 0 Å². The molecule has 5 rings (SSSR count). The first-order valence-corrected chi connectivity index (χ1v) is 9.74. The van der Waals surface area contributed by atoms with Gasteiger partial charge in [0.2, 0.25) is 0 Å². The van der Waals surface area contributed by atoms with Crippen molar-refractivity contribution in [2.24, 2.45) is 0 Å². The van der Waals surface area contributed by atoms with Crippen molar-refractivity contribution >= 4 is 50.0 Å². The van der Waals surface area contributed by atoms with E-state index >= 15 is 0 Å². The van der Waals surface area contributed by atoms with Gasteiger partial charge in [-0.15, -0.1) is 11.3 Å². The molecule has 2 aromatic heterocycles. The summed E-state index contributed by atoms with van der Waals surface area (Å²) < 4.78 is 6.93. The van der Waals surface area contributed by atoms with Gasteiger partial charge in [0.1, 0.15) is 10.6 Å². The SMILES string of the molecule is O=C(c1cc2cc(Cl)ccc2o1)N1CCC[C@@H]1c1nc2ccccc2s1. The van der Waals surface area contributed by atoms with Crippen LogP contribution in [0.1, 0.15) is 34.4 Å². The van der Waals surface area contributed by atoms with Crippen molar-refractivity contribution in [3.05, 3.63) is 64.3 Å². The van der Waals surface area contributed by atoms with Gasteiger partial charge >= 0.3 is 0 Å². The number of aromatic nitrogens is 1. The number of rotatable bonds is 2. The predicted octanol–water partition coefficient (Wildman–Crippen LogP) is 5.67. The monoisotopic (exact) mass is 382 g/mol. The Morgan fingerprint density at radius 2 is 2.12 bits per heavy atom.